The Balaban J connectivity index is 1.73. The van der Waals surface area contributed by atoms with Crippen LogP contribution in [-0.2, 0) is 9.59 Å². The van der Waals surface area contributed by atoms with Gasteiger partial charge >= 0.3 is 0 Å². The molecule has 0 aliphatic carbocycles. The van der Waals surface area contributed by atoms with Gasteiger partial charge in [0.15, 0.2) is 0 Å². The third kappa shape index (κ3) is 3.65. The maximum Gasteiger partial charge on any atom is 0.229 e. The summed E-state index contributed by atoms with van der Waals surface area (Å²) < 4.78 is 0. The molecule has 2 amide bonds. The minimum Gasteiger partial charge on any atom is -0.506 e. The monoisotopic (exact) mass is 338 g/mol. The second-order valence-corrected chi connectivity index (χ2v) is 6.66. The SMILES string of the molecule is CC(C)c1cccc(N2C[C@@H](C(=O)Nc3ccccc3O)CC2=O)c1. The van der Waals surface area contributed by atoms with Crippen LogP contribution in [0.4, 0.5) is 11.4 Å². The highest BCUT2D eigenvalue weighted by Crippen LogP contribution is 2.29. The summed E-state index contributed by atoms with van der Waals surface area (Å²) in [4.78, 5) is 26.5. The van der Waals surface area contributed by atoms with Crippen molar-refractivity contribution in [3.8, 4) is 5.75 Å². The number of amides is 2. The van der Waals surface area contributed by atoms with E-state index in [0.29, 0.717) is 18.2 Å². The number of para-hydroxylation sites is 2. The van der Waals surface area contributed by atoms with Gasteiger partial charge in [0, 0.05) is 18.7 Å². The molecule has 0 radical (unpaired) electrons. The summed E-state index contributed by atoms with van der Waals surface area (Å²) in [6.45, 7) is 4.56. The van der Waals surface area contributed by atoms with Gasteiger partial charge in [-0.05, 0) is 35.7 Å². The minimum atomic E-state index is -0.435. The molecule has 5 nitrogen and oxygen atoms in total. The summed E-state index contributed by atoms with van der Waals surface area (Å²) in [6.07, 6.45) is 0.172. The van der Waals surface area contributed by atoms with Gasteiger partial charge in [-0.25, -0.2) is 0 Å². The van der Waals surface area contributed by atoms with Crippen molar-refractivity contribution >= 4 is 23.2 Å². The van der Waals surface area contributed by atoms with Gasteiger partial charge in [0.1, 0.15) is 5.75 Å². The maximum atomic E-state index is 12.5. The van der Waals surface area contributed by atoms with E-state index < -0.39 is 5.92 Å². The zero-order chi connectivity index (χ0) is 18.0. The van der Waals surface area contributed by atoms with Crippen molar-refractivity contribution in [2.75, 3.05) is 16.8 Å². The molecular formula is C20H22N2O3. The second-order valence-electron chi connectivity index (χ2n) is 6.66. The van der Waals surface area contributed by atoms with Crippen LogP contribution >= 0.6 is 0 Å². The van der Waals surface area contributed by atoms with Gasteiger partial charge in [-0.3, -0.25) is 9.59 Å². The van der Waals surface area contributed by atoms with E-state index in [0.717, 1.165) is 11.3 Å². The van der Waals surface area contributed by atoms with Crippen molar-refractivity contribution in [1.82, 2.24) is 0 Å². The first kappa shape index (κ1) is 17.0. The number of nitrogens with one attached hydrogen (secondary N) is 1. The maximum absolute atomic E-state index is 12.5. The molecule has 0 bridgehead atoms. The number of hydrogen-bond acceptors (Lipinski definition) is 3. The number of rotatable bonds is 4. The zero-order valence-electron chi connectivity index (χ0n) is 14.4. The molecule has 3 rings (SSSR count). The van der Waals surface area contributed by atoms with Crippen LogP contribution in [0.1, 0.15) is 31.7 Å². The fraction of sp³-hybridized carbons (Fsp3) is 0.300. The van der Waals surface area contributed by atoms with Crippen molar-refractivity contribution in [2.45, 2.75) is 26.2 Å². The molecule has 1 fully saturated rings. The first-order valence-electron chi connectivity index (χ1n) is 8.45. The molecule has 1 saturated heterocycles. The summed E-state index contributed by atoms with van der Waals surface area (Å²) in [7, 11) is 0. The first-order valence-corrected chi connectivity index (χ1v) is 8.45. The normalized spacial score (nSPS) is 17.2. The van der Waals surface area contributed by atoms with E-state index in [2.05, 4.69) is 19.2 Å². The molecule has 2 N–H and O–H groups in total. The summed E-state index contributed by atoms with van der Waals surface area (Å²) in [5.41, 5.74) is 2.35. The third-order valence-corrected chi connectivity index (χ3v) is 4.51. The molecule has 0 unspecified atom stereocenters. The minimum absolute atomic E-state index is 0.0154. The number of phenols is 1. The van der Waals surface area contributed by atoms with Gasteiger partial charge in [-0.2, -0.15) is 0 Å². The van der Waals surface area contributed by atoms with E-state index in [-0.39, 0.29) is 24.0 Å². The van der Waals surface area contributed by atoms with Gasteiger partial charge in [0.25, 0.3) is 0 Å². The predicted octanol–water partition coefficient (Wildman–Crippen LogP) is 3.51. The molecule has 2 aromatic rings. The van der Waals surface area contributed by atoms with Gasteiger partial charge in [0.05, 0.1) is 11.6 Å². The molecule has 1 aliphatic heterocycles. The number of phenolic OH excluding ortho intramolecular Hbond substituents is 1. The highest BCUT2D eigenvalue weighted by Gasteiger charge is 2.35. The lowest BCUT2D eigenvalue weighted by molar-refractivity contribution is -0.122. The van der Waals surface area contributed by atoms with E-state index in [4.69, 9.17) is 0 Å². The van der Waals surface area contributed by atoms with Crippen LogP contribution in [0.5, 0.6) is 5.75 Å². The van der Waals surface area contributed by atoms with Crippen molar-refractivity contribution in [3.63, 3.8) is 0 Å². The van der Waals surface area contributed by atoms with Crippen molar-refractivity contribution < 1.29 is 14.7 Å². The average molecular weight is 338 g/mol. The lowest BCUT2D eigenvalue weighted by Gasteiger charge is -2.18. The summed E-state index contributed by atoms with van der Waals surface area (Å²) in [5, 5.41) is 12.5. The quantitative estimate of drug-likeness (QED) is 0.838. The Kier molecular flexibility index (Phi) is 4.74. The molecule has 0 aromatic heterocycles. The number of aromatic hydroxyl groups is 1. The van der Waals surface area contributed by atoms with Crippen LogP contribution in [-0.4, -0.2) is 23.5 Å². The standard InChI is InChI=1S/C20H22N2O3/c1-13(2)14-6-5-7-16(10-14)22-12-15(11-19(22)24)20(25)21-17-8-3-4-9-18(17)23/h3-10,13,15,23H,11-12H2,1-2H3,(H,21,25)/t15-/m0/s1. The highest BCUT2D eigenvalue weighted by molar-refractivity contribution is 6.03. The molecule has 2 aromatic carbocycles. The first-order chi connectivity index (χ1) is 12.0. The van der Waals surface area contributed by atoms with Crippen LogP contribution in [0, 0.1) is 5.92 Å². The predicted molar refractivity (Wildman–Crippen MR) is 97.7 cm³/mol. The molecular weight excluding hydrogens is 316 g/mol. The van der Waals surface area contributed by atoms with E-state index in [9.17, 15) is 14.7 Å². The number of benzene rings is 2. The van der Waals surface area contributed by atoms with Crippen molar-refractivity contribution in [1.29, 1.82) is 0 Å². The zero-order valence-corrected chi connectivity index (χ0v) is 14.4. The molecule has 1 atom stereocenters. The third-order valence-electron chi connectivity index (χ3n) is 4.51. The summed E-state index contributed by atoms with van der Waals surface area (Å²) in [5.74, 6) is -0.356. The van der Waals surface area contributed by atoms with Gasteiger partial charge < -0.3 is 15.3 Å². The average Bonchev–Trinajstić information content (AvgIpc) is 2.99. The van der Waals surface area contributed by atoms with E-state index in [1.165, 1.54) is 6.07 Å². The van der Waals surface area contributed by atoms with Crippen LogP contribution < -0.4 is 10.2 Å². The van der Waals surface area contributed by atoms with E-state index >= 15 is 0 Å². The number of carbonyl (C=O) groups excluding carboxylic acids is 2. The van der Waals surface area contributed by atoms with Crippen LogP contribution in [0.2, 0.25) is 0 Å². The Morgan fingerprint density at radius 2 is 1.96 bits per heavy atom. The lowest BCUT2D eigenvalue weighted by atomic mass is 10.0. The van der Waals surface area contributed by atoms with Crippen LogP contribution in [0.15, 0.2) is 48.5 Å². The molecule has 0 spiro atoms. The van der Waals surface area contributed by atoms with E-state index in [1.807, 2.05) is 24.3 Å². The largest absolute Gasteiger partial charge is 0.506 e. The smallest absolute Gasteiger partial charge is 0.229 e. The van der Waals surface area contributed by atoms with Crippen LogP contribution in [0.3, 0.4) is 0 Å². The Morgan fingerprint density at radius 3 is 2.68 bits per heavy atom. The number of anilines is 2. The highest BCUT2D eigenvalue weighted by atomic mass is 16.3. The van der Waals surface area contributed by atoms with Gasteiger partial charge in [0.2, 0.25) is 11.8 Å². The lowest BCUT2D eigenvalue weighted by Crippen LogP contribution is -2.28. The topological polar surface area (TPSA) is 69.6 Å². The summed E-state index contributed by atoms with van der Waals surface area (Å²) >= 11 is 0. The number of hydrogen-bond donors (Lipinski definition) is 2. The molecule has 25 heavy (non-hydrogen) atoms. The fourth-order valence-corrected chi connectivity index (χ4v) is 3.00. The number of nitrogens with zero attached hydrogens (tertiary/aromatic N) is 1. The molecule has 1 aliphatic rings. The van der Waals surface area contributed by atoms with Gasteiger partial charge in [-0.15, -0.1) is 0 Å². The molecule has 1 heterocycles. The molecule has 130 valence electrons. The Hall–Kier alpha value is -2.82. The second kappa shape index (κ2) is 6.97. The summed E-state index contributed by atoms with van der Waals surface area (Å²) in [6, 6.07) is 14.4. The Morgan fingerprint density at radius 1 is 1.20 bits per heavy atom. The molecule has 0 saturated carbocycles. The Bertz CT molecular complexity index is 801. The van der Waals surface area contributed by atoms with Crippen molar-refractivity contribution in [2.24, 2.45) is 5.92 Å². The fourth-order valence-electron chi connectivity index (χ4n) is 3.00. The van der Waals surface area contributed by atoms with Crippen LogP contribution in [0.25, 0.3) is 0 Å². The molecule has 5 heteroatoms. The van der Waals surface area contributed by atoms with Gasteiger partial charge in [-0.1, -0.05) is 38.1 Å². The number of carbonyl (C=O) groups is 2. The Labute approximate surface area is 147 Å². The van der Waals surface area contributed by atoms with E-state index in [1.54, 1.807) is 23.1 Å². The van der Waals surface area contributed by atoms with Crippen molar-refractivity contribution in [3.05, 3.63) is 54.1 Å².